The number of ether oxygens (including phenoxy) is 1. The highest BCUT2D eigenvalue weighted by atomic mass is 16.5. The second kappa shape index (κ2) is 7.00. The average Bonchev–Trinajstić information content (AvgIpc) is 3.21. The van der Waals surface area contributed by atoms with Crippen molar-refractivity contribution in [2.45, 2.75) is 26.8 Å². The van der Waals surface area contributed by atoms with Crippen molar-refractivity contribution < 1.29 is 9.53 Å². The van der Waals surface area contributed by atoms with Crippen LogP contribution in [0.5, 0.6) is 0 Å². The fourth-order valence-corrected chi connectivity index (χ4v) is 3.67. The van der Waals surface area contributed by atoms with E-state index in [4.69, 9.17) is 10.5 Å². The third-order valence-corrected chi connectivity index (χ3v) is 5.48. The molecular formula is C20H24N6O3. The molecule has 9 heteroatoms. The number of nitrogens with zero attached hydrogens (tertiary/aromatic N) is 4. The van der Waals surface area contributed by atoms with Crippen LogP contribution in [0.4, 0.5) is 11.6 Å². The summed E-state index contributed by atoms with van der Waals surface area (Å²) in [6.45, 7) is 5.85. The van der Waals surface area contributed by atoms with Crippen LogP contribution in [0.2, 0.25) is 0 Å². The molecule has 0 radical (unpaired) electrons. The summed E-state index contributed by atoms with van der Waals surface area (Å²) < 4.78 is 8.79. The van der Waals surface area contributed by atoms with Crippen LogP contribution in [-0.4, -0.2) is 38.2 Å². The van der Waals surface area contributed by atoms with E-state index >= 15 is 0 Å². The van der Waals surface area contributed by atoms with Crippen LogP contribution in [0.1, 0.15) is 29.3 Å². The molecule has 3 aromatic rings. The summed E-state index contributed by atoms with van der Waals surface area (Å²) in [6, 6.07) is 5.12. The van der Waals surface area contributed by atoms with Crippen LogP contribution < -0.4 is 16.7 Å². The second-order valence-corrected chi connectivity index (χ2v) is 7.96. The van der Waals surface area contributed by atoms with Gasteiger partial charge in [0.25, 0.3) is 0 Å². The van der Waals surface area contributed by atoms with Crippen molar-refractivity contribution in [3.63, 3.8) is 0 Å². The summed E-state index contributed by atoms with van der Waals surface area (Å²) in [5.74, 6) is -0.102. The predicted molar refractivity (Wildman–Crippen MR) is 109 cm³/mol. The first-order valence-electron chi connectivity index (χ1n) is 9.45. The van der Waals surface area contributed by atoms with Crippen molar-refractivity contribution in [2.75, 3.05) is 18.5 Å². The molecule has 1 atom stereocenters. The first-order valence-corrected chi connectivity index (χ1v) is 9.45. The maximum atomic E-state index is 12.8. The Bertz CT molecular complexity index is 1160. The van der Waals surface area contributed by atoms with Gasteiger partial charge >= 0.3 is 5.69 Å². The lowest BCUT2D eigenvalue weighted by atomic mass is 9.90. The van der Waals surface area contributed by atoms with Gasteiger partial charge in [0, 0.05) is 36.9 Å². The van der Waals surface area contributed by atoms with Crippen LogP contribution >= 0.6 is 0 Å². The summed E-state index contributed by atoms with van der Waals surface area (Å²) in [5.41, 5.74) is 8.39. The number of hydrogen-bond acceptors (Lipinski definition) is 6. The highest BCUT2D eigenvalue weighted by Crippen LogP contribution is 2.30. The van der Waals surface area contributed by atoms with Crippen molar-refractivity contribution in [2.24, 2.45) is 18.2 Å². The minimum atomic E-state index is -0.477. The third-order valence-electron chi connectivity index (χ3n) is 5.48. The third kappa shape index (κ3) is 3.49. The van der Waals surface area contributed by atoms with Crippen LogP contribution in [-0.2, 0) is 18.3 Å². The van der Waals surface area contributed by atoms with Crippen LogP contribution in [0.3, 0.4) is 0 Å². The molecule has 1 saturated heterocycles. The van der Waals surface area contributed by atoms with E-state index < -0.39 is 5.91 Å². The number of nitrogens with two attached hydrogens (primary N) is 1. The molecule has 1 aliphatic heterocycles. The molecule has 1 amide bonds. The monoisotopic (exact) mass is 396 g/mol. The van der Waals surface area contributed by atoms with Gasteiger partial charge in [0.1, 0.15) is 5.52 Å². The maximum Gasteiger partial charge on any atom is 0.330 e. The van der Waals surface area contributed by atoms with Crippen LogP contribution in [0.25, 0.3) is 11.2 Å². The van der Waals surface area contributed by atoms with Gasteiger partial charge < -0.3 is 15.8 Å². The second-order valence-electron chi connectivity index (χ2n) is 7.96. The van der Waals surface area contributed by atoms with Gasteiger partial charge in [-0.2, -0.15) is 4.98 Å². The van der Waals surface area contributed by atoms with E-state index in [0.29, 0.717) is 42.4 Å². The van der Waals surface area contributed by atoms with E-state index in [2.05, 4.69) is 22.2 Å². The summed E-state index contributed by atoms with van der Waals surface area (Å²) in [6.07, 6.45) is 2.54. The Kier molecular flexibility index (Phi) is 4.62. The molecule has 1 fully saturated rings. The molecular weight excluding hydrogens is 372 g/mol. The van der Waals surface area contributed by atoms with E-state index in [-0.39, 0.29) is 11.1 Å². The maximum absolute atomic E-state index is 12.8. The molecule has 0 spiro atoms. The minimum absolute atomic E-state index is 0.0994. The van der Waals surface area contributed by atoms with E-state index in [1.54, 1.807) is 40.6 Å². The molecule has 3 heterocycles. The predicted octanol–water partition coefficient (Wildman–Crippen LogP) is 1.71. The number of carbonyl (C=O) groups is 1. The van der Waals surface area contributed by atoms with Gasteiger partial charge in [0.05, 0.1) is 12.8 Å². The number of nitrogens with one attached hydrogen (secondary N) is 1. The molecule has 3 N–H and O–H groups in total. The summed E-state index contributed by atoms with van der Waals surface area (Å²) >= 11 is 0. The van der Waals surface area contributed by atoms with Crippen molar-refractivity contribution in [1.29, 1.82) is 0 Å². The number of aromatic nitrogens is 4. The van der Waals surface area contributed by atoms with E-state index in [9.17, 15) is 9.59 Å². The van der Waals surface area contributed by atoms with Gasteiger partial charge in [-0.15, -0.1) is 0 Å². The minimum Gasteiger partial charge on any atom is -0.381 e. The molecule has 2 aromatic heterocycles. The summed E-state index contributed by atoms with van der Waals surface area (Å²) in [5, 5.41) is 3.17. The van der Waals surface area contributed by atoms with Gasteiger partial charge in [-0.05, 0) is 37.1 Å². The number of amides is 1. The Morgan fingerprint density at radius 2 is 2.21 bits per heavy atom. The van der Waals surface area contributed by atoms with E-state index in [0.717, 1.165) is 17.7 Å². The highest BCUT2D eigenvalue weighted by molar-refractivity contribution is 5.93. The summed E-state index contributed by atoms with van der Waals surface area (Å²) in [4.78, 5) is 33.1. The van der Waals surface area contributed by atoms with Crippen molar-refractivity contribution in [1.82, 2.24) is 19.1 Å². The number of anilines is 2. The zero-order valence-corrected chi connectivity index (χ0v) is 16.7. The Labute approximate surface area is 167 Å². The number of primary amides is 1. The molecule has 1 aromatic carbocycles. The number of imidazole rings is 1. The number of hydrogen-bond donors (Lipinski definition) is 2. The lowest BCUT2D eigenvalue weighted by molar-refractivity contribution is 0.1000. The topological polar surface area (TPSA) is 117 Å². The number of aryl methyl sites for hydroxylation is 2. The summed E-state index contributed by atoms with van der Waals surface area (Å²) in [7, 11) is 1.72. The Morgan fingerprint density at radius 1 is 1.41 bits per heavy atom. The number of fused-ring (bicyclic) bond motifs is 1. The van der Waals surface area contributed by atoms with Gasteiger partial charge in [-0.3, -0.25) is 13.9 Å². The highest BCUT2D eigenvalue weighted by Gasteiger charge is 2.32. The zero-order valence-electron chi connectivity index (χ0n) is 16.7. The Balaban J connectivity index is 1.71. The van der Waals surface area contributed by atoms with E-state index in [1.807, 2.05) is 6.92 Å². The van der Waals surface area contributed by atoms with Crippen LogP contribution in [0, 0.1) is 12.3 Å². The normalized spacial score (nSPS) is 19.0. The molecule has 1 aliphatic rings. The largest absolute Gasteiger partial charge is 0.381 e. The molecule has 0 aliphatic carbocycles. The zero-order chi connectivity index (χ0) is 20.8. The smallest absolute Gasteiger partial charge is 0.330 e. The van der Waals surface area contributed by atoms with Crippen molar-refractivity contribution in [3.05, 3.63) is 46.0 Å². The molecule has 29 heavy (non-hydrogen) atoms. The Morgan fingerprint density at radius 3 is 2.86 bits per heavy atom. The van der Waals surface area contributed by atoms with Crippen molar-refractivity contribution >= 4 is 28.7 Å². The Hall–Kier alpha value is -3.20. The number of rotatable bonds is 5. The lowest BCUT2D eigenvalue weighted by Gasteiger charge is -2.21. The fourth-order valence-electron chi connectivity index (χ4n) is 3.67. The molecule has 4 rings (SSSR count). The molecule has 9 nitrogen and oxygen atoms in total. The molecule has 0 bridgehead atoms. The molecule has 0 unspecified atom stereocenters. The SMILES string of the molecule is Cc1cc(C(N)=O)ccc1Nc1ncc2c(n1)n(C[C@]1(C)CCOC1)c(=O)n2C. The van der Waals surface area contributed by atoms with Crippen molar-refractivity contribution in [3.8, 4) is 0 Å². The first-order chi connectivity index (χ1) is 13.8. The van der Waals surface area contributed by atoms with Gasteiger partial charge in [-0.25, -0.2) is 9.78 Å². The fraction of sp³-hybridized carbons (Fsp3) is 0.400. The first kappa shape index (κ1) is 19.1. The molecule has 0 saturated carbocycles. The number of carbonyl (C=O) groups excluding carboxylic acids is 1. The van der Waals surface area contributed by atoms with Crippen LogP contribution in [0.15, 0.2) is 29.2 Å². The van der Waals surface area contributed by atoms with Gasteiger partial charge in [0.15, 0.2) is 5.65 Å². The van der Waals surface area contributed by atoms with Gasteiger partial charge in [0.2, 0.25) is 11.9 Å². The standard InChI is InChI=1S/C20H24N6O3/c1-12-8-13(16(21)27)4-5-14(12)23-18-22-9-15-17(24-18)26(19(28)25(15)3)10-20(2)6-7-29-11-20/h4-5,8-9H,6-7,10-11H2,1-3H3,(H2,21,27)(H,22,23,24)/t20-/m0/s1. The average molecular weight is 396 g/mol. The molecule has 152 valence electrons. The lowest BCUT2D eigenvalue weighted by Crippen LogP contribution is -2.31. The van der Waals surface area contributed by atoms with Gasteiger partial charge in [-0.1, -0.05) is 6.92 Å². The van der Waals surface area contributed by atoms with E-state index in [1.165, 1.54) is 0 Å². The number of benzene rings is 1. The quantitative estimate of drug-likeness (QED) is 0.678.